The Bertz CT molecular complexity index is 1690. The Morgan fingerprint density at radius 1 is 1.18 bits per heavy atom. The summed E-state index contributed by atoms with van der Waals surface area (Å²) in [5.74, 6) is -1.15. The van der Waals surface area contributed by atoms with Crippen LogP contribution in [-0.4, -0.2) is 61.7 Å². The number of morpholine rings is 1. The highest BCUT2D eigenvalue weighted by Crippen LogP contribution is 2.36. The van der Waals surface area contributed by atoms with Gasteiger partial charge in [0.25, 0.3) is 11.5 Å². The van der Waals surface area contributed by atoms with Gasteiger partial charge in [0.05, 0.1) is 51.4 Å². The Kier molecular flexibility index (Phi) is 7.41. The zero-order chi connectivity index (χ0) is 28.7. The highest BCUT2D eigenvalue weighted by atomic mass is 35.5. The van der Waals surface area contributed by atoms with Crippen molar-refractivity contribution < 1.29 is 19.4 Å². The molecule has 1 aromatic carbocycles. The van der Waals surface area contributed by atoms with Gasteiger partial charge < -0.3 is 35.3 Å². The zero-order valence-electron chi connectivity index (χ0n) is 21.4. The molecule has 3 aromatic heterocycles. The van der Waals surface area contributed by atoms with Gasteiger partial charge >= 0.3 is 0 Å². The maximum atomic E-state index is 13.2. The average molecular weight is 586 g/mol. The van der Waals surface area contributed by atoms with Crippen LogP contribution in [0.15, 0.2) is 41.7 Å². The maximum Gasteiger partial charge on any atom is 0.260 e. The van der Waals surface area contributed by atoms with Crippen molar-refractivity contribution in [3.63, 3.8) is 0 Å². The summed E-state index contributed by atoms with van der Waals surface area (Å²) < 4.78 is 7.28. The lowest BCUT2D eigenvalue weighted by Crippen LogP contribution is -2.45. The highest BCUT2D eigenvalue weighted by Gasteiger charge is 2.24. The number of rotatable bonds is 6. The van der Waals surface area contributed by atoms with Crippen molar-refractivity contribution in [2.75, 3.05) is 23.3 Å². The Labute approximate surface area is 237 Å². The van der Waals surface area contributed by atoms with Crippen molar-refractivity contribution in [3.8, 4) is 16.9 Å². The highest BCUT2D eigenvalue weighted by molar-refractivity contribution is 6.34. The third-order valence-corrected chi connectivity index (χ3v) is 7.06. The molecule has 0 aliphatic carbocycles. The van der Waals surface area contributed by atoms with Crippen molar-refractivity contribution in [1.82, 2.24) is 19.5 Å². The van der Waals surface area contributed by atoms with Gasteiger partial charge in [-0.25, -0.2) is 9.97 Å². The molecule has 1 aliphatic heterocycles. The van der Waals surface area contributed by atoms with Gasteiger partial charge in [-0.1, -0.05) is 23.2 Å². The van der Waals surface area contributed by atoms with E-state index in [4.69, 9.17) is 33.7 Å². The smallest absolute Gasteiger partial charge is 0.260 e. The minimum absolute atomic E-state index is 0.0219. The van der Waals surface area contributed by atoms with Gasteiger partial charge in [0, 0.05) is 30.9 Å². The van der Waals surface area contributed by atoms with Crippen LogP contribution in [0.1, 0.15) is 24.2 Å². The van der Waals surface area contributed by atoms with E-state index in [0.29, 0.717) is 35.7 Å². The number of anilines is 2. The van der Waals surface area contributed by atoms with E-state index in [1.165, 1.54) is 35.4 Å². The number of nitrogens with zero attached hydrogens (tertiary/aromatic N) is 4. The summed E-state index contributed by atoms with van der Waals surface area (Å²) in [5, 5.41) is 13.2. The molecule has 2 amide bonds. The molecule has 5 rings (SSSR count). The molecule has 2 atom stereocenters. The van der Waals surface area contributed by atoms with Crippen molar-refractivity contribution in [1.29, 1.82) is 0 Å². The lowest BCUT2D eigenvalue weighted by Gasteiger charge is -2.36. The molecule has 0 radical (unpaired) electrons. The number of primary amides is 1. The largest absolute Gasteiger partial charge is 0.506 e. The second-order valence-corrected chi connectivity index (χ2v) is 10.4. The number of amides is 2. The molecular formula is C26H25Cl2N7O5. The molecule has 1 fully saturated rings. The van der Waals surface area contributed by atoms with Gasteiger partial charge in [-0.2, -0.15) is 0 Å². The number of H-pyrrole nitrogens is 1. The molecule has 12 nitrogen and oxygen atoms in total. The van der Waals surface area contributed by atoms with Gasteiger partial charge in [-0.05, 0) is 31.5 Å². The van der Waals surface area contributed by atoms with Crippen LogP contribution in [0.4, 0.5) is 11.5 Å². The number of benzene rings is 1. The predicted octanol–water partition coefficient (Wildman–Crippen LogP) is 3.15. The second-order valence-electron chi connectivity index (χ2n) is 9.55. The van der Waals surface area contributed by atoms with Crippen molar-refractivity contribution in [3.05, 3.63) is 62.9 Å². The fourth-order valence-corrected chi connectivity index (χ4v) is 5.19. The number of fused-ring (bicyclic) bond motifs is 1. The van der Waals surface area contributed by atoms with E-state index in [1.807, 2.05) is 13.8 Å². The zero-order valence-corrected chi connectivity index (χ0v) is 23.0. The van der Waals surface area contributed by atoms with Crippen LogP contribution in [0.3, 0.4) is 0 Å². The van der Waals surface area contributed by atoms with E-state index in [2.05, 4.69) is 25.2 Å². The molecule has 4 aromatic rings. The first-order chi connectivity index (χ1) is 19.0. The number of nitrogens with two attached hydrogens (primary N) is 1. The maximum absolute atomic E-state index is 13.2. The summed E-state index contributed by atoms with van der Waals surface area (Å²) in [5.41, 5.74) is 5.95. The van der Waals surface area contributed by atoms with E-state index in [-0.39, 0.29) is 45.4 Å². The Morgan fingerprint density at radius 2 is 1.90 bits per heavy atom. The molecule has 5 N–H and O–H groups in total. The van der Waals surface area contributed by atoms with E-state index in [0.717, 1.165) is 0 Å². The fourth-order valence-electron chi connectivity index (χ4n) is 4.82. The molecule has 0 unspecified atom stereocenters. The minimum atomic E-state index is -0.897. The van der Waals surface area contributed by atoms with Crippen LogP contribution in [0.2, 0.25) is 10.0 Å². The summed E-state index contributed by atoms with van der Waals surface area (Å²) >= 11 is 12.5. The summed E-state index contributed by atoms with van der Waals surface area (Å²) in [6.45, 7) is 5.03. The van der Waals surface area contributed by atoms with Crippen molar-refractivity contribution in [2.24, 2.45) is 5.73 Å². The summed E-state index contributed by atoms with van der Waals surface area (Å²) in [4.78, 5) is 51.0. The standard InChI is InChI=1S/C26H25Cl2N7O5/c1-12-7-34(8-13(2)40-12)20-5-19(18(28)6-30-20)33-21(36)10-35-9-16(22-25(35)31-11-32-26(22)39)14-3-15(24(29)38)23(37)17(27)4-14/h3-6,9,11-13,37H,7-8,10H2,1-2H3,(H2,29,38)(H,30,33,36)(H,31,32,39)/t12-,13+. The Morgan fingerprint density at radius 3 is 2.60 bits per heavy atom. The van der Waals surface area contributed by atoms with Crippen LogP contribution in [0.5, 0.6) is 5.75 Å². The molecule has 1 saturated heterocycles. The number of hydrogen-bond acceptors (Lipinski definition) is 8. The van der Waals surface area contributed by atoms with Crippen molar-refractivity contribution in [2.45, 2.75) is 32.6 Å². The summed E-state index contributed by atoms with van der Waals surface area (Å²) in [6, 6.07) is 4.41. The number of phenols is 1. The molecule has 4 heterocycles. The van der Waals surface area contributed by atoms with Gasteiger partial charge in [0.2, 0.25) is 5.91 Å². The Hall–Kier alpha value is -4.13. The topological polar surface area (TPSA) is 168 Å². The lowest BCUT2D eigenvalue weighted by molar-refractivity contribution is -0.116. The number of aromatic amines is 1. The first-order valence-corrected chi connectivity index (χ1v) is 13.0. The SMILES string of the molecule is C[C@@H]1CN(c2cc(NC(=O)Cn3cc(-c4cc(Cl)c(O)c(C(N)=O)c4)c4c(=O)[nH]cnc43)c(Cl)cn2)C[C@H](C)O1. The van der Waals surface area contributed by atoms with E-state index >= 15 is 0 Å². The average Bonchev–Trinajstić information content (AvgIpc) is 3.25. The number of aromatic hydroxyl groups is 1. The monoisotopic (exact) mass is 585 g/mol. The number of nitrogens with one attached hydrogen (secondary N) is 2. The minimum Gasteiger partial charge on any atom is -0.506 e. The van der Waals surface area contributed by atoms with Gasteiger partial charge in [0.1, 0.15) is 23.8 Å². The predicted molar refractivity (Wildman–Crippen MR) is 151 cm³/mol. The summed E-state index contributed by atoms with van der Waals surface area (Å²) in [7, 11) is 0. The van der Waals surface area contributed by atoms with Gasteiger partial charge in [0.15, 0.2) is 0 Å². The van der Waals surface area contributed by atoms with Crippen LogP contribution >= 0.6 is 23.2 Å². The van der Waals surface area contributed by atoms with E-state index < -0.39 is 23.1 Å². The number of halogens is 2. The van der Waals surface area contributed by atoms with Gasteiger partial charge in [-0.15, -0.1) is 0 Å². The molecule has 0 spiro atoms. The number of hydrogen-bond donors (Lipinski definition) is 4. The third-order valence-electron chi connectivity index (χ3n) is 6.47. The van der Waals surface area contributed by atoms with E-state index in [1.54, 1.807) is 6.07 Å². The van der Waals surface area contributed by atoms with Gasteiger partial charge in [-0.3, -0.25) is 14.4 Å². The summed E-state index contributed by atoms with van der Waals surface area (Å²) in [6.07, 6.45) is 4.28. The van der Waals surface area contributed by atoms with Crippen LogP contribution in [0, 0.1) is 0 Å². The van der Waals surface area contributed by atoms with Crippen LogP contribution < -0.4 is 21.5 Å². The number of aromatic nitrogens is 4. The first kappa shape index (κ1) is 27.4. The first-order valence-electron chi connectivity index (χ1n) is 12.3. The van der Waals surface area contributed by atoms with Crippen LogP contribution in [0.25, 0.3) is 22.2 Å². The molecule has 14 heteroatoms. The van der Waals surface area contributed by atoms with E-state index in [9.17, 15) is 19.5 Å². The fraction of sp³-hybridized carbons (Fsp3) is 0.269. The molecule has 1 aliphatic rings. The number of pyridine rings is 1. The Balaban J connectivity index is 1.46. The second kappa shape index (κ2) is 10.8. The molecule has 40 heavy (non-hydrogen) atoms. The number of carbonyl (C=O) groups excluding carboxylic acids is 2. The molecule has 0 saturated carbocycles. The third kappa shape index (κ3) is 5.33. The lowest BCUT2D eigenvalue weighted by atomic mass is 10.0. The number of carbonyl (C=O) groups is 2. The van der Waals surface area contributed by atoms with Crippen LogP contribution in [-0.2, 0) is 16.1 Å². The normalized spacial score (nSPS) is 17.2. The molecule has 0 bridgehead atoms. The quantitative estimate of drug-likeness (QED) is 0.267. The van der Waals surface area contributed by atoms with Crippen molar-refractivity contribution >= 4 is 57.6 Å². The molecule has 208 valence electrons. The molecular weight excluding hydrogens is 561 g/mol. The number of ether oxygens (including phenoxy) is 1.